The lowest BCUT2D eigenvalue weighted by Crippen LogP contribution is -2.61. The fourth-order valence-corrected chi connectivity index (χ4v) is 4.38. The van der Waals surface area contributed by atoms with Crippen LogP contribution in [-0.2, 0) is 20.7 Å². The van der Waals surface area contributed by atoms with Gasteiger partial charge in [-0.2, -0.15) is 0 Å². The van der Waals surface area contributed by atoms with Crippen LogP contribution in [0.4, 0.5) is 0 Å². The highest BCUT2D eigenvalue weighted by molar-refractivity contribution is 7.13. The molecule has 0 bridgehead atoms. The topological polar surface area (TPSA) is 49.9 Å². The summed E-state index contributed by atoms with van der Waals surface area (Å²) in [5.74, 6) is -0.00129. The summed E-state index contributed by atoms with van der Waals surface area (Å²) in [5, 5.41) is 2.06. The molecule has 1 atom stereocenters. The average molecular weight is 401 g/mol. The number of thiophene rings is 1. The summed E-state index contributed by atoms with van der Waals surface area (Å²) in [6.07, 6.45) is 1.75. The molecule has 1 fully saturated rings. The molecule has 1 saturated heterocycles. The fraction of sp³-hybridized carbons (Fsp3) is 0.455. The van der Waals surface area contributed by atoms with Gasteiger partial charge in [0.05, 0.1) is 13.2 Å². The van der Waals surface area contributed by atoms with E-state index in [2.05, 4.69) is 35.7 Å². The number of rotatable bonds is 6. The molecule has 5 nitrogen and oxygen atoms in total. The van der Waals surface area contributed by atoms with Gasteiger partial charge in [-0.05, 0) is 29.0 Å². The highest BCUT2D eigenvalue weighted by Gasteiger charge is 2.45. The predicted molar refractivity (Wildman–Crippen MR) is 112 cm³/mol. The third-order valence-corrected chi connectivity index (χ3v) is 5.97. The highest BCUT2D eigenvalue weighted by Crippen LogP contribution is 2.29. The number of morpholine rings is 1. The normalized spacial score (nSPS) is 19.5. The molecule has 28 heavy (non-hydrogen) atoms. The molecule has 1 aliphatic heterocycles. The minimum Gasteiger partial charge on any atom is -0.361 e. The summed E-state index contributed by atoms with van der Waals surface area (Å²) in [6.45, 7) is 3.21. The highest BCUT2D eigenvalue weighted by atomic mass is 32.1. The first-order chi connectivity index (χ1) is 13.4. The molecule has 2 amide bonds. The van der Waals surface area contributed by atoms with Crippen LogP contribution in [0.25, 0.3) is 10.4 Å². The Balaban J connectivity index is 1.84. The van der Waals surface area contributed by atoms with E-state index in [0.717, 1.165) is 17.5 Å². The lowest BCUT2D eigenvalue weighted by Gasteiger charge is -2.43. The van der Waals surface area contributed by atoms with Crippen molar-refractivity contribution in [2.45, 2.75) is 31.8 Å². The molecule has 2 heterocycles. The van der Waals surface area contributed by atoms with Gasteiger partial charge in [-0.15, -0.1) is 11.3 Å². The van der Waals surface area contributed by atoms with Gasteiger partial charge in [0.1, 0.15) is 0 Å². The first-order valence-corrected chi connectivity index (χ1v) is 10.6. The number of benzene rings is 1. The molecular weight excluding hydrogens is 372 g/mol. The number of nitrogens with zero attached hydrogens (tertiary/aromatic N) is 2. The van der Waals surface area contributed by atoms with E-state index in [4.69, 9.17) is 4.74 Å². The Kier molecular flexibility index (Phi) is 6.52. The van der Waals surface area contributed by atoms with Crippen LogP contribution in [0.3, 0.4) is 0 Å². The van der Waals surface area contributed by atoms with E-state index in [9.17, 15) is 9.59 Å². The molecule has 1 aromatic carbocycles. The summed E-state index contributed by atoms with van der Waals surface area (Å²) in [6, 6.07) is 12.4. The lowest BCUT2D eigenvalue weighted by molar-refractivity contribution is -0.172. The summed E-state index contributed by atoms with van der Waals surface area (Å²) in [4.78, 5) is 30.1. The van der Waals surface area contributed by atoms with E-state index < -0.39 is 5.60 Å². The molecular formula is C22H28N2O3S. The summed E-state index contributed by atoms with van der Waals surface area (Å²) in [5.41, 5.74) is 1.16. The maximum Gasteiger partial charge on any atom is 0.256 e. The molecule has 2 aromatic rings. The molecule has 0 radical (unpaired) electrons. The molecule has 3 rings (SSSR count). The quantitative estimate of drug-likeness (QED) is 0.746. The Labute approximate surface area is 170 Å². The van der Waals surface area contributed by atoms with Gasteiger partial charge >= 0.3 is 0 Å². The second-order valence-corrected chi connectivity index (χ2v) is 8.41. The maximum atomic E-state index is 13.1. The number of hydrogen-bond acceptors (Lipinski definition) is 4. The summed E-state index contributed by atoms with van der Waals surface area (Å²) in [7, 11) is 3.47. The van der Waals surface area contributed by atoms with E-state index in [1.54, 1.807) is 35.2 Å². The summed E-state index contributed by atoms with van der Waals surface area (Å²) < 4.78 is 6.07. The lowest BCUT2D eigenvalue weighted by atomic mass is 9.90. The standard InChI is InChI=1S/C22H28N2O3S/c1-4-6-20(25)24-12-13-27-22(16-24,21(26)23(2)3)15-17-8-10-18(11-9-17)19-7-5-14-28-19/h5,7-11,14H,4,6,12-13,15-16H2,1-3H3/t22-/m0/s1. The Morgan fingerprint density at radius 3 is 2.57 bits per heavy atom. The minimum atomic E-state index is -1.03. The number of likely N-dealkylation sites (N-methyl/N-ethyl adjacent to an activating group) is 1. The van der Waals surface area contributed by atoms with Crippen molar-refractivity contribution >= 4 is 23.2 Å². The Morgan fingerprint density at radius 1 is 1.21 bits per heavy atom. The van der Waals surface area contributed by atoms with Crippen LogP contribution in [0.2, 0.25) is 0 Å². The third-order valence-electron chi connectivity index (χ3n) is 5.05. The van der Waals surface area contributed by atoms with Crippen LogP contribution in [0.15, 0.2) is 41.8 Å². The van der Waals surface area contributed by atoms with Crippen molar-refractivity contribution in [3.05, 3.63) is 47.3 Å². The number of carbonyl (C=O) groups is 2. The third kappa shape index (κ3) is 4.45. The van der Waals surface area contributed by atoms with E-state index in [1.165, 1.54) is 4.88 Å². The van der Waals surface area contributed by atoms with E-state index >= 15 is 0 Å². The van der Waals surface area contributed by atoms with Crippen LogP contribution in [0.1, 0.15) is 25.3 Å². The Hall–Kier alpha value is -2.18. The monoisotopic (exact) mass is 400 g/mol. The largest absolute Gasteiger partial charge is 0.361 e. The van der Waals surface area contributed by atoms with Gasteiger partial charge in [-0.3, -0.25) is 9.59 Å². The SMILES string of the molecule is CCCC(=O)N1CCO[C@](Cc2ccc(-c3cccs3)cc2)(C(=O)N(C)C)C1. The fourth-order valence-electron chi connectivity index (χ4n) is 3.65. The molecule has 0 aliphatic carbocycles. The van der Waals surface area contributed by atoms with E-state index in [0.29, 0.717) is 32.5 Å². The van der Waals surface area contributed by atoms with Crippen LogP contribution in [0, 0.1) is 0 Å². The molecule has 150 valence electrons. The van der Waals surface area contributed by atoms with Crippen molar-refractivity contribution in [3.8, 4) is 10.4 Å². The van der Waals surface area contributed by atoms with Gasteiger partial charge in [-0.1, -0.05) is 37.3 Å². The van der Waals surface area contributed by atoms with Crippen molar-refractivity contribution in [3.63, 3.8) is 0 Å². The molecule has 1 aliphatic rings. The molecule has 0 unspecified atom stereocenters. The number of ether oxygens (including phenoxy) is 1. The minimum absolute atomic E-state index is 0.0924. The van der Waals surface area contributed by atoms with Gasteiger partial charge in [0.2, 0.25) is 5.91 Å². The average Bonchev–Trinajstić information content (AvgIpc) is 3.23. The summed E-state index contributed by atoms with van der Waals surface area (Å²) >= 11 is 1.70. The van der Waals surface area contributed by atoms with Crippen molar-refractivity contribution in [2.75, 3.05) is 33.8 Å². The van der Waals surface area contributed by atoms with Crippen molar-refractivity contribution in [1.29, 1.82) is 0 Å². The predicted octanol–water partition coefficient (Wildman–Crippen LogP) is 3.44. The maximum absolute atomic E-state index is 13.1. The first kappa shape index (κ1) is 20.6. The van der Waals surface area contributed by atoms with Crippen LogP contribution < -0.4 is 0 Å². The van der Waals surface area contributed by atoms with E-state index in [1.807, 2.05) is 13.0 Å². The molecule has 0 N–H and O–H groups in total. The van der Waals surface area contributed by atoms with Crippen LogP contribution >= 0.6 is 11.3 Å². The zero-order valence-corrected chi connectivity index (χ0v) is 17.6. The Morgan fingerprint density at radius 2 is 1.96 bits per heavy atom. The number of amides is 2. The Bertz CT molecular complexity index is 802. The second kappa shape index (κ2) is 8.88. The number of hydrogen-bond donors (Lipinski definition) is 0. The van der Waals surface area contributed by atoms with Crippen LogP contribution in [-0.4, -0.2) is 61.0 Å². The van der Waals surface area contributed by atoms with Gasteiger partial charge in [0.15, 0.2) is 5.60 Å². The van der Waals surface area contributed by atoms with E-state index in [-0.39, 0.29) is 11.8 Å². The van der Waals surface area contributed by atoms with Gasteiger partial charge in [-0.25, -0.2) is 0 Å². The smallest absolute Gasteiger partial charge is 0.256 e. The molecule has 0 saturated carbocycles. The zero-order valence-electron chi connectivity index (χ0n) is 16.8. The first-order valence-electron chi connectivity index (χ1n) is 9.71. The molecule has 6 heteroatoms. The zero-order chi connectivity index (χ0) is 20.1. The van der Waals surface area contributed by atoms with Crippen molar-refractivity contribution in [1.82, 2.24) is 9.80 Å². The number of carbonyl (C=O) groups excluding carboxylic acids is 2. The van der Waals surface area contributed by atoms with Crippen molar-refractivity contribution < 1.29 is 14.3 Å². The van der Waals surface area contributed by atoms with Crippen molar-refractivity contribution in [2.24, 2.45) is 0 Å². The molecule has 1 aromatic heterocycles. The van der Waals surface area contributed by atoms with Gasteiger partial charge < -0.3 is 14.5 Å². The van der Waals surface area contributed by atoms with Crippen LogP contribution in [0.5, 0.6) is 0 Å². The van der Waals surface area contributed by atoms with Gasteiger partial charge in [0, 0.05) is 38.4 Å². The van der Waals surface area contributed by atoms with Gasteiger partial charge in [0.25, 0.3) is 5.91 Å². The molecule has 0 spiro atoms. The second-order valence-electron chi connectivity index (χ2n) is 7.46.